The zero-order valence-corrected chi connectivity index (χ0v) is 15.8. The number of carboxylic acid groups (broad SMARTS) is 1. The van der Waals surface area contributed by atoms with Crippen LogP contribution in [-0.4, -0.2) is 11.1 Å². The Hall–Kier alpha value is -2.16. The van der Waals surface area contributed by atoms with Crippen LogP contribution < -0.4 is 5.73 Å². The third-order valence-corrected chi connectivity index (χ3v) is 5.25. The van der Waals surface area contributed by atoms with Crippen LogP contribution in [0.1, 0.15) is 50.1 Å². The number of thiophene rings is 1. The number of hydrogen-bond donors (Lipinski definition) is 2. The Bertz CT molecular complexity index is 675. The lowest BCUT2D eigenvalue weighted by molar-refractivity contribution is -0.137. The summed E-state index contributed by atoms with van der Waals surface area (Å²) < 4.78 is 0. The topological polar surface area (TPSA) is 87.1 Å². The average Bonchev–Trinajstić information content (AvgIpc) is 3.12. The molecule has 1 aromatic carbocycles. The first-order chi connectivity index (χ1) is 11.8. The molecule has 134 valence electrons. The Kier molecular flexibility index (Phi) is 8.33. The lowest BCUT2D eigenvalue weighted by Gasteiger charge is -2.29. The SMILES string of the molecule is CC(C)[C@@](C#N)(CCC(=O)O)c1cccs1.CC(N)c1ccccc1. The Balaban J connectivity index is 0.000000293. The van der Waals surface area contributed by atoms with Crippen LogP contribution in [0, 0.1) is 17.2 Å². The molecule has 4 nitrogen and oxygen atoms in total. The van der Waals surface area contributed by atoms with E-state index in [0.29, 0.717) is 6.42 Å². The van der Waals surface area contributed by atoms with Crippen LogP contribution in [0.4, 0.5) is 0 Å². The third kappa shape index (κ3) is 6.00. The first kappa shape index (κ1) is 20.9. The van der Waals surface area contributed by atoms with Crippen LogP contribution in [0.2, 0.25) is 0 Å². The monoisotopic (exact) mass is 358 g/mol. The fourth-order valence-electron chi connectivity index (χ4n) is 2.53. The second-order valence-electron chi connectivity index (χ2n) is 6.31. The van der Waals surface area contributed by atoms with Crippen LogP contribution >= 0.6 is 11.3 Å². The van der Waals surface area contributed by atoms with Crippen molar-refractivity contribution in [2.24, 2.45) is 11.7 Å². The highest BCUT2D eigenvalue weighted by Gasteiger charge is 2.37. The molecular weight excluding hydrogens is 332 g/mol. The molecule has 0 aliphatic carbocycles. The highest BCUT2D eigenvalue weighted by atomic mass is 32.1. The number of nitrogens with two attached hydrogens (primary N) is 1. The molecule has 0 bridgehead atoms. The van der Waals surface area contributed by atoms with E-state index in [1.807, 2.05) is 68.6 Å². The van der Waals surface area contributed by atoms with Gasteiger partial charge < -0.3 is 10.8 Å². The molecule has 0 radical (unpaired) electrons. The molecule has 0 spiro atoms. The first-order valence-corrected chi connectivity index (χ1v) is 9.19. The van der Waals surface area contributed by atoms with Crippen LogP contribution in [0.15, 0.2) is 47.8 Å². The molecule has 2 atom stereocenters. The van der Waals surface area contributed by atoms with Gasteiger partial charge in [0.1, 0.15) is 0 Å². The predicted molar refractivity (Wildman–Crippen MR) is 102 cm³/mol. The molecule has 0 aliphatic rings. The molecule has 0 fully saturated rings. The van der Waals surface area contributed by atoms with Crippen molar-refractivity contribution in [3.63, 3.8) is 0 Å². The van der Waals surface area contributed by atoms with E-state index in [2.05, 4.69) is 6.07 Å². The minimum Gasteiger partial charge on any atom is -0.481 e. The number of nitrogens with zero attached hydrogens (tertiary/aromatic N) is 1. The molecule has 2 aromatic rings. The van der Waals surface area contributed by atoms with Gasteiger partial charge in [-0.3, -0.25) is 4.79 Å². The highest BCUT2D eigenvalue weighted by Crippen LogP contribution is 2.38. The minimum absolute atomic E-state index is 0.0314. The maximum Gasteiger partial charge on any atom is 0.303 e. The van der Waals surface area contributed by atoms with E-state index in [4.69, 9.17) is 10.8 Å². The van der Waals surface area contributed by atoms with Crippen LogP contribution in [-0.2, 0) is 10.2 Å². The molecule has 3 N–H and O–H groups in total. The highest BCUT2D eigenvalue weighted by molar-refractivity contribution is 7.10. The summed E-state index contributed by atoms with van der Waals surface area (Å²) in [5, 5.41) is 20.1. The second-order valence-corrected chi connectivity index (χ2v) is 7.26. The summed E-state index contributed by atoms with van der Waals surface area (Å²) in [7, 11) is 0. The van der Waals surface area contributed by atoms with E-state index in [1.165, 1.54) is 16.9 Å². The van der Waals surface area contributed by atoms with Crippen molar-refractivity contribution in [2.45, 2.75) is 45.1 Å². The fraction of sp³-hybridized carbons (Fsp3) is 0.400. The van der Waals surface area contributed by atoms with Crippen LogP contribution in [0.25, 0.3) is 0 Å². The van der Waals surface area contributed by atoms with Crippen molar-refractivity contribution in [3.05, 3.63) is 58.3 Å². The van der Waals surface area contributed by atoms with Gasteiger partial charge in [-0.1, -0.05) is 50.2 Å². The third-order valence-electron chi connectivity index (χ3n) is 4.20. The quantitative estimate of drug-likeness (QED) is 0.781. The zero-order valence-electron chi connectivity index (χ0n) is 15.0. The maximum absolute atomic E-state index is 10.6. The number of benzene rings is 1. The number of rotatable bonds is 6. The average molecular weight is 359 g/mol. The second kappa shape index (κ2) is 9.97. The molecular formula is C20H26N2O2S. The lowest BCUT2D eigenvalue weighted by Crippen LogP contribution is -2.30. The molecule has 1 heterocycles. The molecule has 2 rings (SSSR count). The number of aliphatic carboxylic acids is 1. The van der Waals surface area contributed by atoms with E-state index in [9.17, 15) is 10.1 Å². The number of carbonyl (C=O) groups is 1. The van der Waals surface area contributed by atoms with Gasteiger partial charge in [0.15, 0.2) is 0 Å². The van der Waals surface area contributed by atoms with E-state index >= 15 is 0 Å². The summed E-state index contributed by atoms with van der Waals surface area (Å²) in [4.78, 5) is 11.6. The molecule has 1 aromatic heterocycles. The molecule has 0 aliphatic heterocycles. The summed E-state index contributed by atoms with van der Waals surface area (Å²) in [5.74, 6) is -0.743. The largest absolute Gasteiger partial charge is 0.481 e. The maximum atomic E-state index is 10.6. The summed E-state index contributed by atoms with van der Waals surface area (Å²) in [6.07, 6.45) is 0.403. The minimum atomic E-state index is -0.850. The fourth-order valence-corrected chi connectivity index (χ4v) is 3.58. The lowest BCUT2D eigenvalue weighted by atomic mass is 9.74. The molecule has 25 heavy (non-hydrogen) atoms. The van der Waals surface area contributed by atoms with Crippen molar-refractivity contribution >= 4 is 17.3 Å². The summed E-state index contributed by atoms with van der Waals surface area (Å²) in [6.45, 7) is 5.91. The summed E-state index contributed by atoms with van der Waals surface area (Å²) in [5.41, 5.74) is 6.15. The standard InChI is InChI=1S/C12H15NO2S.C8H11N/c1-9(2)12(8-13,6-5-11(14)15)10-4-3-7-16-10;1-7(9)8-5-3-2-4-6-8/h3-4,7,9H,5-6H2,1-2H3,(H,14,15);2-7H,9H2,1H3/t12-;/m0./s1. The zero-order chi connectivity index (χ0) is 18.9. The van der Waals surface area contributed by atoms with Gasteiger partial charge in [-0.15, -0.1) is 11.3 Å². The Labute approximate surface area is 153 Å². The Morgan fingerprint density at radius 1 is 1.24 bits per heavy atom. The van der Waals surface area contributed by atoms with Crippen LogP contribution in [0.5, 0.6) is 0 Å². The molecule has 0 saturated carbocycles. The van der Waals surface area contributed by atoms with Gasteiger partial charge in [-0.25, -0.2) is 0 Å². The van der Waals surface area contributed by atoms with Gasteiger partial charge in [-0.05, 0) is 36.3 Å². The summed E-state index contributed by atoms with van der Waals surface area (Å²) in [6, 6.07) is 16.3. The van der Waals surface area contributed by atoms with Crippen molar-refractivity contribution in [1.29, 1.82) is 5.26 Å². The van der Waals surface area contributed by atoms with E-state index < -0.39 is 11.4 Å². The number of hydrogen-bond acceptors (Lipinski definition) is 4. The van der Waals surface area contributed by atoms with Crippen molar-refractivity contribution in [1.82, 2.24) is 0 Å². The van der Waals surface area contributed by atoms with Crippen molar-refractivity contribution in [2.75, 3.05) is 0 Å². The molecule has 1 unspecified atom stereocenters. The Morgan fingerprint density at radius 2 is 1.88 bits per heavy atom. The van der Waals surface area contributed by atoms with Gasteiger partial charge in [0.05, 0.1) is 11.5 Å². The number of nitriles is 1. The first-order valence-electron chi connectivity index (χ1n) is 8.31. The Morgan fingerprint density at radius 3 is 2.24 bits per heavy atom. The van der Waals surface area contributed by atoms with E-state index in [-0.39, 0.29) is 18.4 Å². The normalized spacial score (nSPS) is 13.9. The van der Waals surface area contributed by atoms with Gasteiger partial charge in [0.2, 0.25) is 0 Å². The molecule has 5 heteroatoms. The predicted octanol–water partition coefficient (Wildman–Crippen LogP) is 4.74. The van der Waals surface area contributed by atoms with Gasteiger partial charge in [-0.2, -0.15) is 5.26 Å². The van der Waals surface area contributed by atoms with Crippen LogP contribution in [0.3, 0.4) is 0 Å². The van der Waals surface area contributed by atoms with Gasteiger partial charge >= 0.3 is 5.97 Å². The van der Waals surface area contributed by atoms with Crippen molar-refractivity contribution in [3.8, 4) is 6.07 Å². The van der Waals surface area contributed by atoms with Gasteiger partial charge in [0.25, 0.3) is 0 Å². The molecule has 0 amide bonds. The van der Waals surface area contributed by atoms with E-state index in [0.717, 1.165) is 4.88 Å². The van der Waals surface area contributed by atoms with Crippen molar-refractivity contribution < 1.29 is 9.90 Å². The number of carboxylic acids is 1. The van der Waals surface area contributed by atoms with Gasteiger partial charge in [0, 0.05) is 17.3 Å². The smallest absolute Gasteiger partial charge is 0.303 e. The molecule has 0 saturated heterocycles. The van der Waals surface area contributed by atoms with E-state index in [1.54, 1.807) is 0 Å². The summed E-state index contributed by atoms with van der Waals surface area (Å²) >= 11 is 1.52.